The lowest BCUT2D eigenvalue weighted by Crippen LogP contribution is -2.55. The fourth-order valence-electron chi connectivity index (χ4n) is 3.21. The second-order valence-electron chi connectivity index (χ2n) is 6.10. The molecule has 0 bridgehead atoms. The molecule has 1 aliphatic rings. The molecule has 27 heavy (non-hydrogen) atoms. The molecule has 2 aromatic heterocycles. The minimum atomic E-state index is -0.0184. The number of ether oxygens (including phenoxy) is 1. The van der Waals surface area contributed by atoms with Gasteiger partial charge in [0, 0.05) is 42.9 Å². The van der Waals surface area contributed by atoms with Gasteiger partial charge in [-0.05, 0) is 18.2 Å². The molecule has 1 amide bonds. The van der Waals surface area contributed by atoms with Crippen molar-refractivity contribution < 1.29 is 9.53 Å². The molecule has 0 saturated carbocycles. The number of H-pyrrole nitrogens is 1. The number of fused-ring (bicyclic) bond motifs is 1. The van der Waals surface area contributed by atoms with E-state index in [1.54, 1.807) is 18.6 Å². The van der Waals surface area contributed by atoms with Crippen molar-refractivity contribution in [1.29, 1.82) is 0 Å². The molecule has 1 saturated heterocycles. The Bertz CT molecular complexity index is 872. The number of carbonyl (C=O) groups is 1. The number of carbonyl (C=O) groups excluding carboxylic acids is 1. The van der Waals surface area contributed by atoms with Gasteiger partial charge in [-0.2, -0.15) is 0 Å². The molecular weight excluding hydrogens is 387 g/mol. The van der Waals surface area contributed by atoms with Gasteiger partial charge in [0.25, 0.3) is 5.91 Å². The molecule has 1 unspecified atom stereocenters. The van der Waals surface area contributed by atoms with Crippen LogP contribution in [0.15, 0.2) is 55.0 Å². The van der Waals surface area contributed by atoms with E-state index in [0.717, 1.165) is 17.4 Å². The maximum absolute atomic E-state index is 13.1. The van der Waals surface area contributed by atoms with Crippen LogP contribution >= 0.6 is 24.8 Å². The van der Waals surface area contributed by atoms with Gasteiger partial charge in [-0.15, -0.1) is 24.8 Å². The highest BCUT2D eigenvalue weighted by atomic mass is 35.5. The Morgan fingerprint density at radius 2 is 2.07 bits per heavy atom. The average molecular weight is 409 g/mol. The first-order chi connectivity index (χ1) is 12.3. The lowest BCUT2D eigenvalue weighted by molar-refractivity contribution is 0.0561. The Morgan fingerprint density at radius 3 is 2.89 bits per heavy atom. The van der Waals surface area contributed by atoms with Crippen LogP contribution in [0, 0.1) is 0 Å². The lowest BCUT2D eigenvalue weighted by atomic mass is 10.1. The standard InChI is InChI=1S/C19H20N4O2.2ClH/c24-19(17-12-22-18-6-2-1-5-16(17)18)23-9-8-21-10-14(23)13-25-15-4-3-7-20-11-15;;/h1-7,11-12,14,21-22H,8-10,13H2;2*1H. The summed E-state index contributed by atoms with van der Waals surface area (Å²) in [6, 6.07) is 11.6. The second-order valence-corrected chi connectivity index (χ2v) is 6.10. The first kappa shape index (κ1) is 21.0. The van der Waals surface area contributed by atoms with Gasteiger partial charge in [0.15, 0.2) is 0 Å². The highest BCUT2D eigenvalue weighted by Crippen LogP contribution is 2.21. The lowest BCUT2D eigenvalue weighted by Gasteiger charge is -2.36. The molecule has 3 aromatic rings. The van der Waals surface area contributed by atoms with Gasteiger partial charge in [-0.1, -0.05) is 18.2 Å². The van der Waals surface area contributed by atoms with E-state index >= 15 is 0 Å². The smallest absolute Gasteiger partial charge is 0.256 e. The summed E-state index contributed by atoms with van der Waals surface area (Å²) in [5.41, 5.74) is 1.69. The SMILES string of the molecule is Cl.Cl.O=C(c1c[nH]c2ccccc12)N1CCNCC1COc1cccnc1. The van der Waals surface area contributed by atoms with Crippen LogP contribution in [-0.4, -0.2) is 53.1 Å². The van der Waals surface area contributed by atoms with Gasteiger partial charge in [0.05, 0.1) is 17.8 Å². The fraction of sp³-hybridized carbons (Fsp3) is 0.263. The Hall–Kier alpha value is -2.28. The average Bonchev–Trinajstić information content (AvgIpc) is 3.11. The molecule has 1 aliphatic heterocycles. The van der Waals surface area contributed by atoms with Crippen LogP contribution < -0.4 is 10.1 Å². The Kier molecular flexibility index (Phi) is 7.47. The predicted octanol–water partition coefficient (Wildman–Crippen LogP) is 2.90. The Morgan fingerprint density at radius 1 is 1.22 bits per heavy atom. The highest BCUT2D eigenvalue weighted by molar-refractivity contribution is 6.06. The van der Waals surface area contributed by atoms with Crippen LogP contribution in [0.5, 0.6) is 5.75 Å². The maximum Gasteiger partial charge on any atom is 0.256 e. The number of halogens is 2. The van der Waals surface area contributed by atoms with Gasteiger partial charge >= 0.3 is 0 Å². The van der Waals surface area contributed by atoms with Crippen LogP contribution in [0.1, 0.15) is 10.4 Å². The van der Waals surface area contributed by atoms with E-state index in [0.29, 0.717) is 31.0 Å². The molecule has 6 nitrogen and oxygen atoms in total. The third-order valence-electron chi connectivity index (χ3n) is 4.51. The number of amides is 1. The number of pyridine rings is 1. The molecule has 8 heteroatoms. The van der Waals surface area contributed by atoms with Crippen molar-refractivity contribution in [3.63, 3.8) is 0 Å². The first-order valence-corrected chi connectivity index (χ1v) is 8.43. The molecule has 144 valence electrons. The van der Waals surface area contributed by atoms with Gasteiger partial charge < -0.3 is 19.9 Å². The number of hydrogen-bond acceptors (Lipinski definition) is 4. The van der Waals surface area contributed by atoms with Crippen LogP contribution in [0.3, 0.4) is 0 Å². The summed E-state index contributed by atoms with van der Waals surface area (Å²) >= 11 is 0. The van der Waals surface area contributed by atoms with Crippen molar-refractivity contribution in [2.24, 2.45) is 0 Å². The number of nitrogens with one attached hydrogen (secondary N) is 2. The summed E-state index contributed by atoms with van der Waals surface area (Å²) < 4.78 is 5.83. The number of benzene rings is 1. The van der Waals surface area contributed by atoms with Crippen LogP contribution in [-0.2, 0) is 0 Å². The summed E-state index contributed by atoms with van der Waals surface area (Å²) in [5.74, 6) is 0.756. The zero-order valence-corrected chi connectivity index (χ0v) is 16.3. The van der Waals surface area contributed by atoms with E-state index in [9.17, 15) is 4.79 Å². The molecule has 1 atom stereocenters. The molecule has 0 radical (unpaired) electrons. The second kappa shape index (κ2) is 9.60. The van der Waals surface area contributed by atoms with Gasteiger partial charge in [0.1, 0.15) is 12.4 Å². The number of aromatic amines is 1. The van der Waals surface area contributed by atoms with Crippen molar-refractivity contribution >= 4 is 41.6 Å². The van der Waals surface area contributed by atoms with E-state index in [4.69, 9.17) is 4.74 Å². The van der Waals surface area contributed by atoms with Gasteiger partial charge in [-0.3, -0.25) is 9.78 Å². The highest BCUT2D eigenvalue weighted by Gasteiger charge is 2.29. The quantitative estimate of drug-likeness (QED) is 0.695. The summed E-state index contributed by atoms with van der Waals surface area (Å²) in [6.07, 6.45) is 5.19. The van der Waals surface area contributed by atoms with Crippen molar-refractivity contribution in [2.75, 3.05) is 26.2 Å². The fourth-order valence-corrected chi connectivity index (χ4v) is 3.21. The largest absolute Gasteiger partial charge is 0.490 e. The van der Waals surface area contributed by atoms with E-state index in [1.165, 1.54) is 0 Å². The number of para-hydroxylation sites is 1. The topological polar surface area (TPSA) is 70.2 Å². The van der Waals surface area contributed by atoms with Crippen molar-refractivity contribution in [3.05, 3.63) is 60.6 Å². The molecule has 0 spiro atoms. The molecule has 4 rings (SSSR count). The number of rotatable bonds is 4. The monoisotopic (exact) mass is 408 g/mol. The van der Waals surface area contributed by atoms with E-state index in [2.05, 4.69) is 15.3 Å². The molecular formula is C19H22Cl2N4O2. The predicted molar refractivity (Wildman–Crippen MR) is 110 cm³/mol. The number of aromatic nitrogens is 2. The zero-order chi connectivity index (χ0) is 17.1. The Balaban J connectivity index is 0.00000131. The molecule has 2 N–H and O–H groups in total. The van der Waals surface area contributed by atoms with Crippen molar-refractivity contribution in [1.82, 2.24) is 20.2 Å². The normalized spacial score (nSPS) is 16.3. The first-order valence-electron chi connectivity index (χ1n) is 8.43. The third kappa shape index (κ3) is 4.53. The third-order valence-corrected chi connectivity index (χ3v) is 4.51. The summed E-state index contributed by atoms with van der Waals surface area (Å²) in [6.45, 7) is 2.61. The van der Waals surface area contributed by atoms with E-state index in [1.807, 2.05) is 41.3 Å². The maximum atomic E-state index is 13.1. The van der Waals surface area contributed by atoms with Crippen LogP contribution in [0.25, 0.3) is 10.9 Å². The van der Waals surface area contributed by atoms with Crippen molar-refractivity contribution in [2.45, 2.75) is 6.04 Å². The zero-order valence-electron chi connectivity index (χ0n) is 14.6. The number of hydrogen-bond donors (Lipinski definition) is 2. The summed E-state index contributed by atoms with van der Waals surface area (Å²) in [4.78, 5) is 22.2. The van der Waals surface area contributed by atoms with Crippen molar-refractivity contribution in [3.8, 4) is 5.75 Å². The van der Waals surface area contributed by atoms with Gasteiger partial charge in [0.2, 0.25) is 0 Å². The summed E-state index contributed by atoms with van der Waals surface area (Å²) in [5, 5.41) is 4.30. The van der Waals surface area contributed by atoms with Gasteiger partial charge in [-0.25, -0.2) is 0 Å². The van der Waals surface area contributed by atoms with E-state index < -0.39 is 0 Å². The van der Waals surface area contributed by atoms with E-state index in [-0.39, 0.29) is 36.8 Å². The Labute approximate surface area is 170 Å². The minimum Gasteiger partial charge on any atom is -0.490 e. The number of nitrogens with zero attached hydrogens (tertiary/aromatic N) is 2. The molecule has 0 aliphatic carbocycles. The summed E-state index contributed by atoms with van der Waals surface area (Å²) in [7, 11) is 0. The van der Waals surface area contributed by atoms with Crippen LogP contribution in [0.4, 0.5) is 0 Å². The molecule has 1 fully saturated rings. The number of piperazine rings is 1. The molecule has 1 aromatic carbocycles. The van der Waals surface area contributed by atoms with Crippen LogP contribution in [0.2, 0.25) is 0 Å². The minimum absolute atomic E-state index is 0. The molecule has 3 heterocycles.